The lowest BCUT2D eigenvalue weighted by atomic mass is 10.1. The van der Waals surface area contributed by atoms with E-state index in [1.165, 1.54) is 0 Å². The molecule has 0 aliphatic heterocycles. The second-order valence-electron chi connectivity index (χ2n) is 8.32. The van der Waals surface area contributed by atoms with Crippen LogP contribution in [0.25, 0.3) is 11.3 Å². The molecule has 1 heterocycles. The van der Waals surface area contributed by atoms with Gasteiger partial charge in [0.05, 0.1) is 29.1 Å². The van der Waals surface area contributed by atoms with Crippen LogP contribution in [0.4, 0.5) is 0 Å². The standard InChI is InChI=1S/C25H25ClN3O5PS/c1-25(27,16-34-35(30,31)32)24-28-14-23(29-24)21-11-10-20(13-22(21)26)36-19-9-5-8-18(12-19)33-15-17-6-3-2-4-7-17/h2-14H,15-16,27H2,1H3,(H,28,29)(H2,30,31,32). The Morgan fingerprint density at radius 1 is 1.08 bits per heavy atom. The van der Waals surface area contributed by atoms with E-state index in [1.807, 2.05) is 72.8 Å². The summed E-state index contributed by atoms with van der Waals surface area (Å²) in [6.07, 6.45) is 1.57. The monoisotopic (exact) mass is 545 g/mol. The number of nitrogens with one attached hydrogen (secondary N) is 1. The normalized spacial score (nSPS) is 13.4. The predicted molar refractivity (Wildman–Crippen MR) is 140 cm³/mol. The average Bonchev–Trinajstić information content (AvgIpc) is 3.33. The topological polar surface area (TPSA) is 131 Å². The Hall–Kier alpha value is -2.62. The minimum atomic E-state index is -4.65. The van der Waals surface area contributed by atoms with Crippen molar-refractivity contribution in [1.82, 2.24) is 9.97 Å². The van der Waals surface area contributed by atoms with Crippen molar-refractivity contribution in [2.24, 2.45) is 5.73 Å². The number of hydrogen-bond acceptors (Lipinski definition) is 6. The van der Waals surface area contributed by atoms with Gasteiger partial charge in [0.2, 0.25) is 0 Å². The van der Waals surface area contributed by atoms with Crippen LogP contribution in [0.3, 0.4) is 0 Å². The van der Waals surface area contributed by atoms with Gasteiger partial charge in [-0.05, 0) is 42.8 Å². The summed E-state index contributed by atoms with van der Waals surface area (Å²) in [4.78, 5) is 27.2. The quantitative estimate of drug-likeness (QED) is 0.185. The molecular weight excluding hydrogens is 521 g/mol. The van der Waals surface area contributed by atoms with Crippen LogP contribution >= 0.6 is 31.2 Å². The first kappa shape index (κ1) is 26.4. The number of H-pyrrole nitrogens is 1. The molecule has 0 fully saturated rings. The van der Waals surface area contributed by atoms with E-state index in [0.717, 1.165) is 21.1 Å². The maximum Gasteiger partial charge on any atom is 0.469 e. The van der Waals surface area contributed by atoms with E-state index in [0.29, 0.717) is 28.7 Å². The minimum absolute atomic E-state index is 0.313. The summed E-state index contributed by atoms with van der Waals surface area (Å²) in [5, 5.41) is 0.511. The van der Waals surface area contributed by atoms with Gasteiger partial charge in [-0.3, -0.25) is 4.52 Å². The largest absolute Gasteiger partial charge is 0.489 e. The first-order valence-electron chi connectivity index (χ1n) is 10.9. The van der Waals surface area contributed by atoms with E-state index >= 15 is 0 Å². The van der Waals surface area contributed by atoms with Crippen molar-refractivity contribution in [3.63, 3.8) is 0 Å². The molecule has 188 valence electrons. The van der Waals surface area contributed by atoms with Crippen molar-refractivity contribution >= 4 is 31.2 Å². The molecule has 0 amide bonds. The third kappa shape index (κ3) is 7.21. The molecule has 1 atom stereocenters. The van der Waals surface area contributed by atoms with Gasteiger partial charge in [0.25, 0.3) is 0 Å². The third-order valence-corrected chi connectivity index (χ3v) is 6.93. The van der Waals surface area contributed by atoms with E-state index in [-0.39, 0.29) is 0 Å². The molecule has 0 saturated heterocycles. The van der Waals surface area contributed by atoms with Crippen LogP contribution in [0.5, 0.6) is 5.75 Å². The van der Waals surface area contributed by atoms with Crippen molar-refractivity contribution in [3.8, 4) is 17.0 Å². The molecule has 1 unspecified atom stereocenters. The summed E-state index contributed by atoms with van der Waals surface area (Å²) < 4.78 is 21.5. The second kappa shape index (κ2) is 11.2. The number of benzene rings is 3. The van der Waals surface area contributed by atoms with Crippen LogP contribution in [0.2, 0.25) is 5.02 Å². The third-order valence-electron chi connectivity index (χ3n) is 5.17. The number of halogens is 1. The Labute approximate surface area is 218 Å². The second-order valence-corrected chi connectivity index (χ2v) is 11.1. The van der Waals surface area contributed by atoms with Crippen LogP contribution in [-0.2, 0) is 21.2 Å². The van der Waals surface area contributed by atoms with Crippen molar-refractivity contribution in [2.75, 3.05) is 6.61 Å². The van der Waals surface area contributed by atoms with Crippen LogP contribution in [0.15, 0.2) is 88.8 Å². The molecular formula is C25H25ClN3O5PS. The van der Waals surface area contributed by atoms with Crippen molar-refractivity contribution in [2.45, 2.75) is 28.9 Å². The first-order chi connectivity index (χ1) is 17.1. The number of phosphoric acid groups is 1. The Balaban J connectivity index is 1.43. The molecule has 11 heteroatoms. The van der Waals surface area contributed by atoms with E-state index in [9.17, 15) is 4.57 Å². The van der Waals surface area contributed by atoms with Crippen LogP contribution in [-0.4, -0.2) is 26.4 Å². The molecule has 0 radical (unpaired) electrons. The smallest absolute Gasteiger partial charge is 0.469 e. The lowest BCUT2D eigenvalue weighted by Crippen LogP contribution is -2.39. The van der Waals surface area contributed by atoms with Crippen LogP contribution in [0, 0.1) is 0 Å². The highest BCUT2D eigenvalue weighted by Crippen LogP contribution is 2.38. The van der Waals surface area contributed by atoms with E-state index in [1.54, 1.807) is 24.9 Å². The number of aromatic nitrogens is 2. The van der Waals surface area contributed by atoms with Gasteiger partial charge in [0, 0.05) is 15.4 Å². The Bertz CT molecular complexity index is 1380. The Morgan fingerprint density at radius 3 is 2.56 bits per heavy atom. The van der Waals surface area contributed by atoms with Gasteiger partial charge in [-0.2, -0.15) is 0 Å². The van der Waals surface area contributed by atoms with Gasteiger partial charge in [-0.1, -0.05) is 65.8 Å². The molecule has 5 N–H and O–H groups in total. The maximum absolute atomic E-state index is 11.0. The van der Waals surface area contributed by atoms with Crippen LogP contribution in [0.1, 0.15) is 18.3 Å². The molecule has 1 aromatic heterocycles. The number of phosphoric ester groups is 1. The van der Waals surface area contributed by atoms with Gasteiger partial charge in [-0.15, -0.1) is 0 Å². The fraction of sp³-hybridized carbons (Fsp3) is 0.160. The molecule has 4 rings (SSSR count). The fourth-order valence-corrected chi connectivity index (χ4v) is 5.01. The van der Waals surface area contributed by atoms with E-state index in [2.05, 4.69) is 14.5 Å². The molecule has 0 aliphatic carbocycles. The van der Waals surface area contributed by atoms with E-state index < -0.39 is 20.0 Å². The fourth-order valence-electron chi connectivity index (χ4n) is 3.32. The summed E-state index contributed by atoms with van der Waals surface area (Å²) in [6.45, 7) is 1.64. The van der Waals surface area contributed by atoms with Crippen molar-refractivity contribution < 1.29 is 23.6 Å². The minimum Gasteiger partial charge on any atom is -0.489 e. The predicted octanol–water partition coefficient (Wildman–Crippen LogP) is 5.74. The zero-order valence-electron chi connectivity index (χ0n) is 19.3. The number of nitrogens with zero attached hydrogens (tertiary/aromatic N) is 1. The molecule has 3 aromatic carbocycles. The number of nitrogens with two attached hydrogens (primary N) is 1. The molecule has 8 nitrogen and oxygen atoms in total. The molecule has 0 bridgehead atoms. The van der Waals surface area contributed by atoms with Gasteiger partial charge in [-0.25, -0.2) is 9.55 Å². The van der Waals surface area contributed by atoms with E-state index in [4.69, 9.17) is 31.9 Å². The summed E-state index contributed by atoms with van der Waals surface area (Å²) in [7, 11) is -4.65. The lowest BCUT2D eigenvalue weighted by Gasteiger charge is -2.22. The number of ether oxygens (including phenoxy) is 1. The molecule has 0 aliphatic rings. The Kier molecular flexibility index (Phi) is 8.22. The number of imidazole rings is 1. The highest BCUT2D eigenvalue weighted by atomic mass is 35.5. The van der Waals surface area contributed by atoms with Crippen molar-refractivity contribution in [3.05, 3.63) is 95.4 Å². The van der Waals surface area contributed by atoms with Gasteiger partial charge < -0.3 is 25.2 Å². The first-order valence-corrected chi connectivity index (χ1v) is 13.6. The summed E-state index contributed by atoms with van der Waals surface area (Å²) >= 11 is 8.14. The average molecular weight is 546 g/mol. The lowest BCUT2D eigenvalue weighted by molar-refractivity contribution is 0.155. The van der Waals surface area contributed by atoms with Crippen LogP contribution < -0.4 is 10.5 Å². The number of hydrogen-bond donors (Lipinski definition) is 4. The highest BCUT2D eigenvalue weighted by molar-refractivity contribution is 7.99. The Morgan fingerprint density at radius 2 is 1.83 bits per heavy atom. The molecule has 4 aromatic rings. The number of aromatic amines is 1. The maximum atomic E-state index is 11.0. The molecule has 0 saturated carbocycles. The zero-order chi connectivity index (χ0) is 25.8. The number of rotatable bonds is 10. The summed E-state index contributed by atoms with van der Waals surface area (Å²) in [5.74, 6) is 1.09. The van der Waals surface area contributed by atoms with Gasteiger partial charge in [0.1, 0.15) is 18.2 Å². The van der Waals surface area contributed by atoms with Gasteiger partial charge in [0.15, 0.2) is 0 Å². The summed E-state index contributed by atoms with van der Waals surface area (Å²) in [5.41, 5.74) is 7.34. The van der Waals surface area contributed by atoms with Crippen molar-refractivity contribution in [1.29, 1.82) is 0 Å². The highest BCUT2D eigenvalue weighted by Gasteiger charge is 2.29. The summed E-state index contributed by atoms with van der Waals surface area (Å²) in [6, 6.07) is 23.5. The SMILES string of the molecule is CC(N)(COP(=O)(O)O)c1ncc(-c2ccc(Sc3cccc(OCc4ccccc4)c3)cc2Cl)[nH]1. The molecule has 0 spiro atoms. The molecule has 36 heavy (non-hydrogen) atoms. The zero-order valence-corrected chi connectivity index (χ0v) is 21.8. The van der Waals surface area contributed by atoms with Gasteiger partial charge >= 0.3 is 7.82 Å².